The van der Waals surface area contributed by atoms with Gasteiger partial charge in [0.15, 0.2) is 11.5 Å². The number of carboxylic acids is 1. The van der Waals surface area contributed by atoms with Gasteiger partial charge in [0.05, 0.1) is 18.7 Å². The van der Waals surface area contributed by atoms with Gasteiger partial charge in [-0.1, -0.05) is 25.4 Å². The minimum absolute atomic E-state index is 0.132. The van der Waals surface area contributed by atoms with Crippen LogP contribution in [0.3, 0.4) is 0 Å². The van der Waals surface area contributed by atoms with E-state index in [0.717, 1.165) is 22.5 Å². The number of rotatable bonds is 6. The molecule has 0 amide bonds. The van der Waals surface area contributed by atoms with Gasteiger partial charge in [-0.15, -0.1) is 11.3 Å². The Balaban J connectivity index is 2.39. The molecule has 0 saturated heterocycles. The summed E-state index contributed by atoms with van der Waals surface area (Å²) in [6.07, 6.45) is 0.937. The molecule has 1 aromatic carbocycles. The predicted molar refractivity (Wildman–Crippen MR) is 85.3 cm³/mol. The number of carbonyl (C=O) groups is 1. The molecule has 6 heteroatoms. The Hall–Kier alpha value is -1.46. The molecule has 21 heavy (non-hydrogen) atoms. The van der Waals surface area contributed by atoms with Crippen molar-refractivity contribution in [3.63, 3.8) is 0 Å². The largest absolute Gasteiger partial charge is 0.493 e. The molecule has 0 unspecified atom stereocenters. The average molecular weight is 329 g/mol. The number of thiophene rings is 1. The molecule has 4 nitrogen and oxygen atoms in total. The molecule has 1 aromatic heterocycles. The van der Waals surface area contributed by atoms with Gasteiger partial charge < -0.3 is 14.6 Å². The summed E-state index contributed by atoms with van der Waals surface area (Å²) in [6, 6.07) is 3.52. The van der Waals surface area contributed by atoms with Crippen molar-refractivity contribution in [2.75, 3.05) is 13.7 Å². The lowest BCUT2D eigenvalue weighted by atomic mass is 10.1. The Labute approximate surface area is 132 Å². The van der Waals surface area contributed by atoms with E-state index in [1.54, 1.807) is 19.2 Å². The maximum absolute atomic E-state index is 11.1. The molecule has 0 atom stereocenters. The van der Waals surface area contributed by atoms with Gasteiger partial charge in [0.25, 0.3) is 0 Å². The summed E-state index contributed by atoms with van der Waals surface area (Å²) in [5, 5.41) is 10.0. The normalized spacial score (nSPS) is 11.1. The SMILES string of the molecule is COc1cc2c(Cl)c(C(=O)O)sc2cc1OCCC(C)C. The van der Waals surface area contributed by atoms with Crippen LogP contribution in [-0.2, 0) is 0 Å². The van der Waals surface area contributed by atoms with Crippen LogP contribution in [0.15, 0.2) is 12.1 Å². The van der Waals surface area contributed by atoms with Crippen molar-refractivity contribution in [2.24, 2.45) is 5.92 Å². The zero-order valence-corrected chi connectivity index (χ0v) is 13.7. The van der Waals surface area contributed by atoms with Gasteiger partial charge in [-0.2, -0.15) is 0 Å². The summed E-state index contributed by atoms with van der Waals surface area (Å²) in [6.45, 7) is 4.84. The summed E-state index contributed by atoms with van der Waals surface area (Å²) in [4.78, 5) is 11.3. The molecule has 0 radical (unpaired) electrons. The molecule has 0 spiro atoms. The summed E-state index contributed by atoms with van der Waals surface area (Å²) in [7, 11) is 1.55. The number of hydrogen-bond donors (Lipinski definition) is 1. The molecular weight excluding hydrogens is 312 g/mol. The maximum atomic E-state index is 11.1. The lowest BCUT2D eigenvalue weighted by Crippen LogP contribution is -2.02. The van der Waals surface area contributed by atoms with Crippen LogP contribution in [0.25, 0.3) is 10.1 Å². The van der Waals surface area contributed by atoms with Crippen molar-refractivity contribution in [1.82, 2.24) is 0 Å². The second-order valence-corrected chi connectivity index (χ2v) is 6.51. The fraction of sp³-hybridized carbons (Fsp3) is 0.400. The molecule has 1 heterocycles. The molecule has 0 fully saturated rings. The second-order valence-electron chi connectivity index (χ2n) is 5.08. The fourth-order valence-electron chi connectivity index (χ4n) is 1.89. The van der Waals surface area contributed by atoms with Crippen molar-refractivity contribution in [3.05, 3.63) is 22.0 Å². The molecule has 0 bridgehead atoms. The molecule has 0 aliphatic carbocycles. The van der Waals surface area contributed by atoms with Crippen LogP contribution in [0.2, 0.25) is 5.02 Å². The van der Waals surface area contributed by atoms with E-state index in [1.807, 2.05) is 0 Å². The van der Waals surface area contributed by atoms with Gasteiger partial charge in [0, 0.05) is 16.2 Å². The monoisotopic (exact) mass is 328 g/mol. The molecule has 0 aliphatic heterocycles. The van der Waals surface area contributed by atoms with E-state index in [2.05, 4.69) is 13.8 Å². The van der Waals surface area contributed by atoms with Crippen LogP contribution in [0.4, 0.5) is 0 Å². The first-order valence-electron chi connectivity index (χ1n) is 6.60. The van der Waals surface area contributed by atoms with E-state index in [9.17, 15) is 4.79 Å². The first-order valence-corrected chi connectivity index (χ1v) is 7.79. The maximum Gasteiger partial charge on any atom is 0.347 e. The molecule has 2 rings (SSSR count). The van der Waals surface area contributed by atoms with Crippen LogP contribution in [0, 0.1) is 5.92 Å². The minimum Gasteiger partial charge on any atom is -0.493 e. The number of carboxylic acid groups (broad SMARTS) is 1. The van der Waals surface area contributed by atoms with Crippen molar-refractivity contribution in [1.29, 1.82) is 0 Å². The molecule has 0 saturated carbocycles. The van der Waals surface area contributed by atoms with Crippen molar-refractivity contribution in [3.8, 4) is 11.5 Å². The zero-order valence-electron chi connectivity index (χ0n) is 12.1. The smallest absolute Gasteiger partial charge is 0.347 e. The van der Waals surface area contributed by atoms with Gasteiger partial charge in [0.2, 0.25) is 0 Å². The number of benzene rings is 1. The van der Waals surface area contributed by atoms with Gasteiger partial charge in [-0.3, -0.25) is 0 Å². The molecule has 0 aliphatic rings. The Morgan fingerprint density at radius 2 is 2.10 bits per heavy atom. The topological polar surface area (TPSA) is 55.8 Å². The van der Waals surface area contributed by atoms with Crippen LogP contribution in [0.1, 0.15) is 29.9 Å². The van der Waals surface area contributed by atoms with Gasteiger partial charge in [0.1, 0.15) is 4.88 Å². The number of hydrogen-bond acceptors (Lipinski definition) is 4. The second kappa shape index (κ2) is 6.54. The number of fused-ring (bicyclic) bond motifs is 1. The molecule has 2 aromatic rings. The highest BCUT2D eigenvalue weighted by atomic mass is 35.5. The molecule has 114 valence electrons. The highest BCUT2D eigenvalue weighted by Gasteiger charge is 2.19. The number of aromatic carboxylic acids is 1. The van der Waals surface area contributed by atoms with Gasteiger partial charge >= 0.3 is 5.97 Å². The highest BCUT2D eigenvalue weighted by molar-refractivity contribution is 7.21. The van der Waals surface area contributed by atoms with Gasteiger partial charge in [-0.25, -0.2) is 4.79 Å². The van der Waals surface area contributed by atoms with Crippen LogP contribution in [-0.4, -0.2) is 24.8 Å². The summed E-state index contributed by atoms with van der Waals surface area (Å²) in [5.41, 5.74) is 0. The quantitative estimate of drug-likeness (QED) is 0.836. The third-order valence-corrected chi connectivity index (χ3v) is 4.71. The highest BCUT2D eigenvalue weighted by Crippen LogP contribution is 2.41. The number of halogens is 1. The third kappa shape index (κ3) is 3.41. The van der Waals surface area contributed by atoms with Crippen LogP contribution >= 0.6 is 22.9 Å². The molecule has 1 N–H and O–H groups in total. The first-order chi connectivity index (χ1) is 9.93. The van der Waals surface area contributed by atoms with E-state index < -0.39 is 5.97 Å². The number of ether oxygens (including phenoxy) is 2. The van der Waals surface area contributed by atoms with E-state index in [4.69, 9.17) is 26.2 Å². The lowest BCUT2D eigenvalue weighted by Gasteiger charge is -2.12. The molecular formula is C15H17ClO4S. The van der Waals surface area contributed by atoms with Crippen molar-refractivity contribution < 1.29 is 19.4 Å². The van der Waals surface area contributed by atoms with E-state index >= 15 is 0 Å². The Bertz CT molecular complexity index is 663. The number of methoxy groups -OCH3 is 1. The minimum atomic E-state index is -1.03. The summed E-state index contributed by atoms with van der Waals surface area (Å²) < 4.78 is 11.8. The Kier molecular flexibility index (Phi) is 4.96. The Morgan fingerprint density at radius 1 is 1.38 bits per heavy atom. The third-order valence-electron chi connectivity index (χ3n) is 3.06. The summed E-state index contributed by atoms with van der Waals surface area (Å²) >= 11 is 7.25. The standard InChI is InChI=1S/C15H17ClO4S/c1-8(2)4-5-20-11-7-12-9(6-10(11)19-3)13(16)14(21-12)15(17)18/h6-8H,4-5H2,1-3H3,(H,17,18). The van der Waals surface area contributed by atoms with E-state index in [1.165, 1.54) is 0 Å². The van der Waals surface area contributed by atoms with E-state index in [-0.39, 0.29) is 9.90 Å². The Morgan fingerprint density at radius 3 is 2.67 bits per heavy atom. The van der Waals surface area contributed by atoms with Crippen molar-refractivity contribution >= 4 is 39.0 Å². The van der Waals surface area contributed by atoms with Crippen molar-refractivity contribution in [2.45, 2.75) is 20.3 Å². The lowest BCUT2D eigenvalue weighted by molar-refractivity contribution is 0.0702. The van der Waals surface area contributed by atoms with E-state index in [0.29, 0.717) is 29.4 Å². The van der Waals surface area contributed by atoms with Crippen LogP contribution < -0.4 is 9.47 Å². The van der Waals surface area contributed by atoms with Crippen LogP contribution in [0.5, 0.6) is 11.5 Å². The first kappa shape index (κ1) is 15.9. The average Bonchev–Trinajstić information content (AvgIpc) is 2.74. The zero-order chi connectivity index (χ0) is 15.6. The fourth-order valence-corrected chi connectivity index (χ4v) is 3.24. The van der Waals surface area contributed by atoms with Gasteiger partial charge in [-0.05, 0) is 18.4 Å². The predicted octanol–water partition coefficient (Wildman–Crippen LogP) is 4.69. The summed E-state index contributed by atoms with van der Waals surface area (Å²) in [5.74, 6) is 0.695.